The van der Waals surface area contributed by atoms with Gasteiger partial charge in [0.25, 0.3) is 0 Å². The molecule has 0 aromatic heterocycles. The summed E-state index contributed by atoms with van der Waals surface area (Å²) in [5.74, 6) is -0.260. The van der Waals surface area contributed by atoms with E-state index >= 15 is 0 Å². The van der Waals surface area contributed by atoms with Crippen LogP contribution in [0.1, 0.15) is 187 Å². The molecule has 0 aliphatic rings. The van der Waals surface area contributed by atoms with E-state index in [-0.39, 0.29) is 62.8 Å². The fourth-order valence-corrected chi connectivity index (χ4v) is 5.12. The number of unbranched alkanes of at least 4 members (excludes halogenated alkanes) is 20. The Labute approximate surface area is 322 Å². The van der Waals surface area contributed by atoms with E-state index in [4.69, 9.17) is 9.47 Å². The summed E-state index contributed by atoms with van der Waals surface area (Å²) in [5.41, 5.74) is 0. The van der Waals surface area contributed by atoms with E-state index in [9.17, 15) is 19.2 Å². The second kappa shape index (κ2) is 49.7. The molecule has 0 aromatic rings. The van der Waals surface area contributed by atoms with E-state index < -0.39 is 0 Å². The molecule has 0 fully saturated rings. The van der Waals surface area contributed by atoms with Crippen LogP contribution in [-0.4, -0.2) is 69.4 Å². The van der Waals surface area contributed by atoms with Crippen molar-refractivity contribution in [3.8, 4) is 0 Å². The van der Waals surface area contributed by atoms with Crippen molar-refractivity contribution in [2.75, 3.05) is 40.4 Å². The number of carbonyl (C=O) groups is 3. The second-order valence-electron chi connectivity index (χ2n) is 13.2. The van der Waals surface area contributed by atoms with Crippen LogP contribution in [0.2, 0.25) is 0 Å². The summed E-state index contributed by atoms with van der Waals surface area (Å²) in [6.45, 7) is 13.6. The quantitative estimate of drug-likeness (QED) is 0.0338. The van der Waals surface area contributed by atoms with E-state index in [2.05, 4.69) is 37.9 Å². The van der Waals surface area contributed by atoms with Crippen LogP contribution < -0.4 is 24.2 Å². The third-order valence-corrected chi connectivity index (χ3v) is 8.05. The van der Waals surface area contributed by atoms with Gasteiger partial charge in [-0.25, -0.2) is 0 Å². The van der Waals surface area contributed by atoms with Crippen LogP contribution in [0.25, 0.3) is 0 Å². The number of nitrogens with zero attached hydrogens (tertiary/aromatic N) is 1. The number of carbonyl (C=O) groups excluding carboxylic acids is 4. The minimum atomic E-state index is -0.0964. The van der Waals surface area contributed by atoms with Gasteiger partial charge in [0.2, 0.25) is 5.91 Å². The van der Waals surface area contributed by atoms with Gasteiger partial charge in [-0.3, -0.25) is 20.7 Å². The average molecular weight is 703 g/mol. The van der Waals surface area contributed by atoms with Gasteiger partial charge in [-0.05, 0) is 53.1 Å². The topological polar surface area (TPSA) is 102 Å². The number of amides is 1. The van der Waals surface area contributed by atoms with Crippen LogP contribution in [0.4, 0.5) is 0 Å². The van der Waals surface area contributed by atoms with Crippen molar-refractivity contribution in [3.05, 3.63) is 13.8 Å². The Morgan fingerprint density at radius 3 is 1.20 bits per heavy atom. The molecule has 0 unspecified atom stereocenters. The molecule has 0 spiro atoms. The minimum absolute atomic E-state index is 0. The molecule has 1 N–H and O–H groups in total. The van der Waals surface area contributed by atoms with Crippen molar-refractivity contribution in [2.45, 2.75) is 187 Å². The SMILES string of the molecule is CN(C)CCCNC(=O)CC[C-]=O.[CH2-]COC(=O)CCCCCCCCCCCCC.[CH2-]COC(=O)CCCCCCCCCCCCC.[Li+]. The van der Waals surface area contributed by atoms with Crippen LogP contribution >= 0.6 is 0 Å². The molecule has 292 valence electrons. The van der Waals surface area contributed by atoms with Gasteiger partial charge >= 0.3 is 30.8 Å². The van der Waals surface area contributed by atoms with E-state index in [1.807, 2.05) is 14.1 Å². The number of nitrogens with one attached hydrogen (secondary N) is 1. The van der Waals surface area contributed by atoms with Crippen molar-refractivity contribution in [2.24, 2.45) is 0 Å². The number of hydrogen-bond acceptors (Lipinski definition) is 7. The summed E-state index contributed by atoms with van der Waals surface area (Å²) >= 11 is 0. The van der Waals surface area contributed by atoms with Crippen molar-refractivity contribution >= 4 is 24.1 Å². The zero-order chi connectivity index (χ0) is 37.1. The van der Waals surface area contributed by atoms with Crippen molar-refractivity contribution in [3.63, 3.8) is 0 Å². The summed E-state index contributed by atoms with van der Waals surface area (Å²) in [7, 11) is 3.98. The third-order valence-electron chi connectivity index (χ3n) is 8.05. The molecule has 1 amide bonds. The maximum atomic E-state index is 11.0. The van der Waals surface area contributed by atoms with Crippen LogP contribution in [0.3, 0.4) is 0 Å². The summed E-state index contributed by atoms with van der Waals surface area (Å²) in [6, 6.07) is 0. The maximum Gasteiger partial charge on any atom is 1.00 e. The monoisotopic (exact) mass is 703 g/mol. The normalized spacial score (nSPS) is 10.2. The molecule has 0 bridgehead atoms. The molecule has 0 aliphatic heterocycles. The van der Waals surface area contributed by atoms with E-state index in [0.29, 0.717) is 19.4 Å². The summed E-state index contributed by atoms with van der Waals surface area (Å²) in [5, 5.41) is 2.73. The first kappa shape index (κ1) is 55.4. The maximum absolute atomic E-state index is 11.0. The van der Waals surface area contributed by atoms with Gasteiger partial charge in [-0.2, -0.15) is 0 Å². The Balaban J connectivity index is -0.000000319. The van der Waals surface area contributed by atoms with Crippen molar-refractivity contribution in [1.29, 1.82) is 0 Å². The molecule has 0 saturated carbocycles. The molecule has 0 heterocycles. The Hall–Kier alpha value is -1.36. The summed E-state index contributed by atoms with van der Waals surface area (Å²) in [4.78, 5) is 44.9. The largest absolute Gasteiger partial charge is 1.00 e. The van der Waals surface area contributed by atoms with Gasteiger partial charge in [0.05, 0.1) is 0 Å². The Bertz CT molecular complexity index is 669. The fourth-order valence-electron chi connectivity index (χ4n) is 5.12. The van der Waals surface area contributed by atoms with Gasteiger partial charge in [-0.15, -0.1) is 6.42 Å². The Morgan fingerprint density at radius 2 is 0.900 bits per heavy atom. The number of esters is 2. The first-order valence-corrected chi connectivity index (χ1v) is 19.9. The third kappa shape index (κ3) is 56.0. The molecular weight excluding hydrogens is 623 g/mol. The minimum Gasteiger partial charge on any atom is -0.542 e. The molecule has 9 heteroatoms. The Kier molecular flexibility index (Phi) is 55.1. The number of rotatable bonds is 33. The molecule has 0 aromatic carbocycles. The second-order valence-corrected chi connectivity index (χ2v) is 13.2. The molecular formula is C41H79LiN2O6-2. The first-order chi connectivity index (χ1) is 23.8. The van der Waals surface area contributed by atoms with Crippen LogP contribution in [0, 0.1) is 13.8 Å². The zero-order valence-corrected chi connectivity index (χ0v) is 33.7. The molecule has 0 saturated heterocycles. The molecule has 0 atom stereocenters. The standard InChI is InChI=1S/2C16H31O2.C9H17N2O2.Li/c2*1-3-5-6-7-8-9-10-11-12-13-14-15-16(17)18-4-2;1-11(2)7-4-6-10-9(13)5-3-8-12;/h2*2-15H2,1H3;3-7H2,1-2H3,(H,10,13);/q3*-1;+1. The van der Waals surface area contributed by atoms with Gasteiger partial charge in [0.15, 0.2) is 0 Å². The summed E-state index contributed by atoms with van der Waals surface area (Å²) < 4.78 is 9.57. The van der Waals surface area contributed by atoms with E-state index in [0.717, 1.165) is 38.6 Å². The Morgan fingerprint density at radius 1 is 0.560 bits per heavy atom. The summed E-state index contributed by atoms with van der Waals surface area (Å²) in [6.07, 6.45) is 32.9. The van der Waals surface area contributed by atoms with E-state index in [1.54, 1.807) is 6.29 Å². The number of ether oxygens (including phenoxy) is 2. The molecule has 0 rings (SSSR count). The predicted molar refractivity (Wildman–Crippen MR) is 206 cm³/mol. The van der Waals surface area contributed by atoms with Crippen LogP contribution in [0.5, 0.6) is 0 Å². The van der Waals surface area contributed by atoms with E-state index in [1.165, 1.54) is 116 Å². The first-order valence-electron chi connectivity index (χ1n) is 19.9. The molecule has 0 aliphatic carbocycles. The van der Waals surface area contributed by atoms with Crippen molar-refractivity contribution in [1.82, 2.24) is 10.2 Å². The fraction of sp³-hybridized carbons (Fsp3) is 0.854. The van der Waals surface area contributed by atoms with Crippen molar-refractivity contribution < 1.29 is 47.5 Å². The number of hydrogen-bond donors (Lipinski definition) is 1. The zero-order valence-electron chi connectivity index (χ0n) is 33.7. The predicted octanol–water partition coefficient (Wildman–Crippen LogP) is 7.08. The van der Waals surface area contributed by atoms with Gasteiger partial charge in [-0.1, -0.05) is 142 Å². The van der Waals surface area contributed by atoms with Crippen LogP contribution in [-0.2, 0) is 28.7 Å². The average Bonchev–Trinajstić information content (AvgIpc) is 3.08. The molecule has 8 nitrogen and oxygen atoms in total. The van der Waals surface area contributed by atoms with Gasteiger partial charge in [0, 0.05) is 25.8 Å². The van der Waals surface area contributed by atoms with Crippen LogP contribution in [0.15, 0.2) is 0 Å². The van der Waals surface area contributed by atoms with Gasteiger partial charge < -0.3 is 38.3 Å². The van der Waals surface area contributed by atoms with Gasteiger partial charge in [0.1, 0.15) is 0 Å². The smallest absolute Gasteiger partial charge is 0.542 e. The molecule has 0 radical (unpaired) electrons. The molecule has 50 heavy (non-hydrogen) atoms.